The average Bonchev–Trinajstić information content (AvgIpc) is 3.22. The molecule has 0 aromatic rings. The highest BCUT2D eigenvalue weighted by molar-refractivity contribution is 7.09. The van der Waals surface area contributed by atoms with E-state index in [-0.39, 0.29) is 78.6 Å². The Kier molecular flexibility index (Phi) is 31.5. The summed E-state index contributed by atoms with van der Waals surface area (Å²) in [5.74, 6) is -2.60. The number of hydrogen-bond donors (Lipinski definition) is 9. The first-order valence-corrected chi connectivity index (χ1v) is 25.2. The summed E-state index contributed by atoms with van der Waals surface area (Å²) in [5.41, 5.74) is -1.46. The average molecular weight is 1000 g/mol. The predicted molar refractivity (Wildman–Crippen MR) is 275 cm³/mol. The summed E-state index contributed by atoms with van der Waals surface area (Å²) < 4.78 is 17.2. The fraction of sp³-hybridized carbons (Fsp3) is 0.857. The fourth-order valence-corrected chi connectivity index (χ4v) is 8.00. The molecule has 0 aliphatic rings. The van der Waals surface area contributed by atoms with Crippen LogP contribution in [0.2, 0.25) is 0 Å². The van der Waals surface area contributed by atoms with Crippen LogP contribution in [-0.2, 0) is 47.6 Å². The van der Waals surface area contributed by atoms with Crippen LogP contribution in [-0.4, -0.2) is 146 Å². The molecule has 0 heterocycles. The van der Waals surface area contributed by atoms with Gasteiger partial charge in [0.05, 0.1) is 39.6 Å². The second-order valence-corrected chi connectivity index (χ2v) is 22.8. The highest BCUT2D eigenvalue weighted by atomic mass is 31.0. The third kappa shape index (κ3) is 32.2. The van der Waals surface area contributed by atoms with Gasteiger partial charge in [-0.3, -0.25) is 33.6 Å². The Morgan fingerprint density at radius 2 is 0.870 bits per heavy atom. The molecular weight excluding hydrogens is 906 g/mol. The van der Waals surface area contributed by atoms with Gasteiger partial charge in [0.1, 0.15) is 18.1 Å². The molecule has 0 aliphatic heterocycles. The van der Waals surface area contributed by atoms with Crippen LogP contribution in [0.25, 0.3) is 0 Å². The minimum Gasteiger partial charge on any atom is -0.380 e. The molecule has 0 aliphatic carbocycles. The molecule has 0 radical (unpaired) electrons. The monoisotopic (exact) mass is 1000 g/mol. The molecule has 0 aromatic carbocycles. The van der Waals surface area contributed by atoms with Gasteiger partial charge in [0.25, 0.3) is 0 Å². The largest absolute Gasteiger partial charge is 0.380 e. The zero-order chi connectivity index (χ0) is 52.9. The number of unbranched alkanes of at least 4 members (excludes halogenated alkanes) is 2. The molecule has 4 atom stereocenters. The zero-order valence-electron chi connectivity index (χ0n) is 45.0. The highest BCUT2D eigenvalue weighted by Gasteiger charge is 2.31. The van der Waals surface area contributed by atoms with Crippen molar-refractivity contribution >= 4 is 50.8 Å². The van der Waals surface area contributed by atoms with E-state index in [1.54, 1.807) is 6.92 Å². The van der Waals surface area contributed by atoms with Crippen LogP contribution in [0.4, 0.5) is 0 Å². The lowest BCUT2D eigenvalue weighted by Crippen LogP contribution is -2.54. The first-order valence-electron chi connectivity index (χ1n) is 24.7. The van der Waals surface area contributed by atoms with Crippen LogP contribution in [0.5, 0.6) is 0 Å². The van der Waals surface area contributed by atoms with Gasteiger partial charge in [-0.1, -0.05) is 76.2 Å². The van der Waals surface area contributed by atoms with E-state index in [1.807, 2.05) is 55.6 Å². The third-order valence-corrected chi connectivity index (χ3v) is 11.3. The van der Waals surface area contributed by atoms with Gasteiger partial charge in [-0.05, 0) is 75.3 Å². The number of carbonyl (C=O) groups excluding carboxylic acids is 7. The summed E-state index contributed by atoms with van der Waals surface area (Å²) in [6, 6.07) is -2.77. The standard InChI is InChI=1S/C49H96N9O10P/c1-15-35(56-39(60)26-47(6,7)34-68-69)44(65)58-37(43(64)55-27-41(62)52-14)21-17-19-23-54-42(63)36(57-40(61)25-46(4,5)31-67-33-49(10,11)29-51-13)20-16-18-22-53-38(59)24-45(2,3)30-66-32-48(8,9)28-50-12/h35-37,50-51H,15-34,69H2,1-14H3,(H,52,62)(H,53,59)(H,54,63)(H,55,64)(H,56,60)(H,57,61)(H,58,65). The van der Waals surface area contributed by atoms with Crippen molar-refractivity contribution in [3.8, 4) is 0 Å². The Morgan fingerprint density at radius 1 is 0.464 bits per heavy atom. The van der Waals surface area contributed by atoms with Crippen LogP contribution in [0.1, 0.15) is 140 Å². The summed E-state index contributed by atoms with van der Waals surface area (Å²) in [5, 5.41) is 25.7. The first kappa shape index (κ1) is 65.5. The molecule has 0 fully saturated rings. The van der Waals surface area contributed by atoms with Crippen molar-refractivity contribution < 1.29 is 47.6 Å². The van der Waals surface area contributed by atoms with Crippen molar-refractivity contribution in [1.82, 2.24) is 47.9 Å². The van der Waals surface area contributed by atoms with Crippen LogP contribution in [0.3, 0.4) is 0 Å². The van der Waals surface area contributed by atoms with Crippen molar-refractivity contribution in [3.63, 3.8) is 0 Å². The van der Waals surface area contributed by atoms with Crippen LogP contribution in [0.15, 0.2) is 0 Å². The Hall–Kier alpha value is -3.48. The van der Waals surface area contributed by atoms with E-state index >= 15 is 0 Å². The van der Waals surface area contributed by atoms with E-state index in [9.17, 15) is 33.6 Å². The summed E-state index contributed by atoms with van der Waals surface area (Å²) in [4.78, 5) is 91.5. The lowest BCUT2D eigenvalue weighted by atomic mass is 9.89. The van der Waals surface area contributed by atoms with Crippen molar-refractivity contribution in [2.24, 2.45) is 27.1 Å². The topological polar surface area (TPSA) is 255 Å². The summed E-state index contributed by atoms with van der Waals surface area (Å²) >= 11 is 0. The van der Waals surface area contributed by atoms with E-state index in [0.29, 0.717) is 78.1 Å². The molecule has 7 amide bonds. The van der Waals surface area contributed by atoms with Gasteiger partial charge in [-0.25, -0.2) is 0 Å². The third-order valence-electron chi connectivity index (χ3n) is 11.2. The van der Waals surface area contributed by atoms with E-state index in [1.165, 1.54) is 7.05 Å². The van der Waals surface area contributed by atoms with Crippen LogP contribution >= 0.6 is 9.47 Å². The van der Waals surface area contributed by atoms with Gasteiger partial charge < -0.3 is 61.8 Å². The molecule has 402 valence electrons. The molecule has 20 heteroatoms. The summed E-state index contributed by atoms with van der Waals surface area (Å²) in [7, 11) is 7.41. The number of ether oxygens (including phenoxy) is 2. The predicted octanol–water partition coefficient (Wildman–Crippen LogP) is 2.87. The van der Waals surface area contributed by atoms with E-state index in [0.717, 1.165) is 13.1 Å². The van der Waals surface area contributed by atoms with Crippen molar-refractivity contribution in [3.05, 3.63) is 0 Å². The highest BCUT2D eigenvalue weighted by Crippen LogP contribution is 2.25. The molecule has 0 aromatic heterocycles. The summed E-state index contributed by atoms with van der Waals surface area (Å²) in [6.45, 7) is 26.0. The number of likely N-dealkylation sites (N-methyl/N-ethyl adjacent to an activating group) is 1. The smallest absolute Gasteiger partial charge is 0.243 e. The van der Waals surface area contributed by atoms with Gasteiger partial charge in [0, 0.05) is 72.8 Å². The van der Waals surface area contributed by atoms with Gasteiger partial charge in [0.15, 0.2) is 0 Å². The minimum absolute atomic E-state index is 0.0288. The van der Waals surface area contributed by atoms with Gasteiger partial charge in [0.2, 0.25) is 41.4 Å². The fourth-order valence-electron chi connectivity index (χ4n) is 7.55. The quantitative estimate of drug-likeness (QED) is 0.0319. The maximum Gasteiger partial charge on any atom is 0.243 e. The van der Waals surface area contributed by atoms with Crippen molar-refractivity contribution in [2.45, 2.75) is 158 Å². The molecule has 0 saturated heterocycles. The normalized spacial score (nSPS) is 13.7. The number of rotatable bonds is 39. The van der Waals surface area contributed by atoms with E-state index in [2.05, 4.69) is 85.0 Å². The maximum absolute atomic E-state index is 13.7. The lowest BCUT2D eigenvalue weighted by molar-refractivity contribution is -0.133. The number of carbonyl (C=O) groups is 7. The zero-order valence-corrected chi connectivity index (χ0v) is 46.2. The molecule has 0 rings (SSSR count). The second kappa shape index (κ2) is 33.2. The number of nitrogens with one attached hydrogen (secondary N) is 9. The Bertz CT molecular complexity index is 1580. The van der Waals surface area contributed by atoms with Gasteiger partial charge in [-0.15, -0.1) is 0 Å². The van der Waals surface area contributed by atoms with Crippen molar-refractivity contribution in [1.29, 1.82) is 0 Å². The van der Waals surface area contributed by atoms with Crippen LogP contribution in [0, 0.1) is 27.1 Å². The van der Waals surface area contributed by atoms with Gasteiger partial charge in [-0.2, -0.15) is 0 Å². The molecule has 0 bridgehead atoms. The van der Waals surface area contributed by atoms with E-state index < -0.39 is 46.7 Å². The van der Waals surface area contributed by atoms with Crippen LogP contribution < -0.4 is 47.9 Å². The molecular formula is C49H96N9O10P. The molecule has 0 spiro atoms. The minimum atomic E-state index is -1.03. The lowest BCUT2D eigenvalue weighted by Gasteiger charge is -2.29. The molecule has 4 unspecified atom stereocenters. The van der Waals surface area contributed by atoms with E-state index in [4.69, 9.17) is 14.0 Å². The first-order chi connectivity index (χ1) is 32.1. The van der Waals surface area contributed by atoms with Gasteiger partial charge >= 0.3 is 0 Å². The maximum atomic E-state index is 13.7. The Balaban J connectivity index is 5.71. The SMILES string of the molecule is CCC(NC(=O)CC(C)(C)COP)C(=O)NC(CCCCNC(=O)C(CCCCNC(=O)CC(C)(C)COCC(C)(C)CNC)NC(=O)CC(C)(C)COCC(C)(C)CNC)C(=O)NCC(=O)NC. The van der Waals surface area contributed by atoms with Crippen molar-refractivity contribution in [2.75, 3.05) is 86.9 Å². The Morgan fingerprint density at radius 3 is 1.32 bits per heavy atom. The second-order valence-electron chi connectivity index (χ2n) is 22.4. The molecule has 69 heavy (non-hydrogen) atoms. The number of amides is 7. The molecule has 19 nitrogen and oxygen atoms in total. The summed E-state index contributed by atoms with van der Waals surface area (Å²) in [6.07, 6.45) is 3.30. The molecule has 9 N–H and O–H groups in total. The Labute approximate surface area is 417 Å². The number of hydrogen-bond acceptors (Lipinski definition) is 12. The molecule has 0 saturated carbocycles.